The highest BCUT2D eigenvalue weighted by Gasteiger charge is 2.14. The molecule has 0 aliphatic carbocycles. The number of anilines is 1. The molecule has 0 fully saturated rings. The van der Waals surface area contributed by atoms with E-state index in [0.717, 1.165) is 17.8 Å². The molecule has 1 amide bonds. The lowest BCUT2D eigenvalue weighted by Gasteiger charge is -2.21. The summed E-state index contributed by atoms with van der Waals surface area (Å²) >= 11 is 0. The maximum absolute atomic E-state index is 12.5. The molecule has 1 aliphatic heterocycles. The van der Waals surface area contributed by atoms with Crippen molar-refractivity contribution in [1.82, 2.24) is 14.7 Å². The van der Waals surface area contributed by atoms with Crippen LogP contribution < -0.4 is 14.8 Å². The average molecular weight is 392 g/mol. The number of fused-ring (bicyclic) bond motifs is 1. The summed E-state index contributed by atoms with van der Waals surface area (Å²) in [5, 5.41) is 7.18. The summed E-state index contributed by atoms with van der Waals surface area (Å²) in [4.78, 5) is 14.6. The number of likely N-dealkylation sites (N-methyl/N-ethyl adjacent to an activating group) is 1. The summed E-state index contributed by atoms with van der Waals surface area (Å²) in [6.45, 7) is 4.90. The van der Waals surface area contributed by atoms with Crippen LogP contribution >= 0.6 is 0 Å². The zero-order chi connectivity index (χ0) is 20.1. The van der Waals surface area contributed by atoms with Crippen molar-refractivity contribution in [2.24, 2.45) is 0 Å². The van der Waals surface area contributed by atoms with Gasteiger partial charge in [0, 0.05) is 30.7 Å². The molecule has 29 heavy (non-hydrogen) atoms. The predicted molar refractivity (Wildman–Crippen MR) is 111 cm³/mol. The fourth-order valence-corrected chi connectivity index (χ4v) is 3.24. The molecule has 7 heteroatoms. The Labute approximate surface area is 169 Å². The van der Waals surface area contributed by atoms with Gasteiger partial charge in [0.05, 0.1) is 12.2 Å². The first-order chi connectivity index (χ1) is 14.2. The van der Waals surface area contributed by atoms with E-state index in [0.29, 0.717) is 43.5 Å². The second kappa shape index (κ2) is 8.79. The van der Waals surface area contributed by atoms with E-state index in [1.165, 1.54) is 0 Å². The fourth-order valence-electron chi connectivity index (χ4n) is 3.24. The van der Waals surface area contributed by atoms with Crippen molar-refractivity contribution >= 4 is 11.6 Å². The van der Waals surface area contributed by atoms with Gasteiger partial charge in [-0.25, -0.2) is 4.68 Å². The zero-order valence-electron chi connectivity index (χ0n) is 16.4. The van der Waals surface area contributed by atoms with Crippen LogP contribution in [0.3, 0.4) is 0 Å². The lowest BCUT2D eigenvalue weighted by Crippen LogP contribution is -2.32. The van der Waals surface area contributed by atoms with E-state index in [1.807, 2.05) is 41.2 Å². The molecular formula is C22H24N4O3. The third kappa shape index (κ3) is 4.75. The summed E-state index contributed by atoms with van der Waals surface area (Å²) in [5.74, 6) is 1.32. The summed E-state index contributed by atoms with van der Waals surface area (Å²) in [6.07, 6.45) is 3.67. The minimum absolute atomic E-state index is 0.0586. The molecule has 1 aliphatic rings. The molecule has 0 radical (unpaired) electrons. The molecule has 0 unspecified atom stereocenters. The van der Waals surface area contributed by atoms with Crippen molar-refractivity contribution in [2.75, 3.05) is 31.6 Å². The Morgan fingerprint density at radius 3 is 2.66 bits per heavy atom. The van der Waals surface area contributed by atoms with Crippen molar-refractivity contribution in [3.05, 3.63) is 66.5 Å². The topological polar surface area (TPSA) is 68.6 Å². The number of carbonyl (C=O) groups is 1. The first kappa shape index (κ1) is 19.0. The van der Waals surface area contributed by atoms with Crippen molar-refractivity contribution in [2.45, 2.75) is 13.5 Å². The minimum atomic E-state index is -0.0586. The largest absolute Gasteiger partial charge is 0.486 e. The smallest absolute Gasteiger partial charge is 0.238 e. The number of rotatable bonds is 7. The maximum Gasteiger partial charge on any atom is 0.238 e. The first-order valence-electron chi connectivity index (χ1n) is 9.72. The van der Waals surface area contributed by atoms with Crippen LogP contribution in [0.1, 0.15) is 12.5 Å². The van der Waals surface area contributed by atoms with E-state index in [9.17, 15) is 4.79 Å². The van der Waals surface area contributed by atoms with E-state index < -0.39 is 0 Å². The van der Waals surface area contributed by atoms with Crippen LogP contribution in [0, 0.1) is 0 Å². The third-order valence-electron chi connectivity index (χ3n) is 4.75. The van der Waals surface area contributed by atoms with Gasteiger partial charge in [-0.1, -0.05) is 19.1 Å². The predicted octanol–water partition coefficient (Wildman–Crippen LogP) is 3.10. The van der Waals surface area contributed by atoms with Gasteiger partial charge in [-0.2, -0.15) is 5.10 Å². The SMILES string of the molecule is CCN(CC(=O)Nc1ccc2c(c1)OCCO2)Cc1ccc(-n2cccn2)cc1. The highest BCUT2D eigenvalue weighted by molar-refractivity contribution is 5.92. The normalized spacial score (nSPS) is 12.8. The van der Waals surface area contributed by atoms with Gasteiger partial charge in [-0.3, -0.25) is 9.69 Å². The zero-order valence-corrected chi connectivity index (χ0v) is 16.4. The van der Waals surface area contributed by atoms with E-state index in [2.05, 4.69) is 34.4 Å². The Morgan fingerprint density at radius 2 is 1.93 bits per heavy atom. The lowest BCUT2D eigenvalue weighted by atomic mass is 10.2. The number of benzene rings is 2. The van der Waals surface area contributed by atoms with Gasteiger partial charge in [-0.05, 0) is 42.4 Å². The molecule has 0 bridgehead atoms. The van der Waals surface area contributed by atoms with E-state index in [1.54, 1.807) is 12.3 Å². The Balaban J connectivity index is 1.34. The van der Waals surface area contributed by atoms with Crippen LogP contribution in [-0.4, -0.2) is 46.9 Å². The molecule has 4 rings (SSSR count). The molecule has 1 N–H and O–H groups in total. The number of nitrogens with one attached hydrogen (secondary N) is 1. The average Bonchev–Trinajstić information content (AvgIpc) is 3.28. The van der Waals surface area contributed by atoms with Crippen molar-refractivity contribution in [1.29, 1.82) is 0 Å². The summed E-state index contributed by atoms with van der Waals surface area (Å²) in [5.41, 5.74) is 2.87. The quantitative estimate of drug-likeness (QED) is 0.669. The number of nitrogens with zero attached hydrogens (tertiary/aromatic N) is 3. The van der Waals surface area contributed by atoms with Gasteiger partial charge in [0.1, 0.15) is 13.2 Å². The summed E-state index contributed by atoms with van der Waals surface area (Å²) < 4.78 is 12.9. The number of amides is 1. The summed E-state index contributed by atoms with van der Waals surface area (Å²) in [7, 11) is 0. The maximum atomic E-state index is 12.5. The molecule has 0 spiro atoms. The number of carbonyl (C=O) groups excluding carboxylic acids is 1. The van der Waals surface area contributed by atoms with Crippen molar-refractivity contribution in [3.8, 4) is 17.2 Å². The van der Waals surface area contributed by atoms with Crippen LogP contribution in [0.15, 0.2) is 60.9 Å². The Kier molecular flexibility index (Phi) is 5.76. The lowest BCUT2D eigenvalue weighted by molar-refractivity contribution is -0.117. The van der Waals surface area contributed by atoms with Crippen LogP contribution in [0.2, 0.25) is 0 Å². The van der Waals surface area contributed by atoms with E-state index in [4.69, 9.17) is 9.47 Å². The van der Waals surface area contributed by atoms with Gasteiger partial charge in [0.15, 0.2) is 11.5 Å². The van der Waals surface area contributed by atoms with Gasteiger partial charge in [0.25, 0.3) is 0 Å². The monoisotopic (exact) mass is 392 g/mol. The van der Waals surface area contributed by atoms with E-state index >= 15 is 0 Å². The molecule has 0 saturated carbocycles. The highest BCUT2D eigenvalue weighted by Crippen LogP contribution is 2.32. The fraction of sp³-hybridized carbons (Fsp3) is 0.273. The van der Waals surface area contributed by atoms with Crippen LogP contribution in [0.25, 0.3) is 5.69 Å². The molecule has 7 nitrogen and oxygen atoms in total. The van der Waals surface area contributed by atoms with Crippen molar-refractivity contribution in [3.63, 3.8) is 0 Å². The molecule has 150 valence electrons. The Morgan fingerprint density at radius 1 is 1.14 bits per heavy atom. The minimum Gasteiger partial charge on any atom is -0.486 e. The number of ether oxygens (including phenoxy) is 2. The van der Waals surface area contributed by atoms with Gasteiger partial charge >= 0.3 is 0 Å². The molecule has 1 aromatic heterocycles. The van der Waals surface area contributed by atoms with Crippen LogP contribution in [0.4, 0.5) is 5.69 Å². The standard InChI is InChI=1S/C22H24N4O3/c1-2-25(15-17-4-7-19(8-5-17)26-11-3-10-23-26)16-22(27)24-18-6-9-20-21(14-18)29-13-12-28-20/h3-11,14H,2,12-13,15-16H2,1H3,(H,24,27). The van der Waals surface area contributed by atoms with Crippen LogP contribution in [-0.2, 0) is 11.3 Å². The number of hydrogen-bond acceptors (Lipinski definition) is 5. The molecule has 2 aromatic carbocycles. The molecule has 0 saturated heterocycles. The van der Waals surface area contributed by atoms with E-state index in [-0.39, 0.29) is 5.91 Å². The molecule has 0 atom stereocenters. The Hall–Kier alpha value is -3.32. The summed E-state index contributed by atoms with van der Waals surface area (Å²) in [6, 6.07) is 15.6. The Bertz CT molecular complexity index is 955. The number of hydrogen-bond donors (Lipinski definition) is 1. The highest BCUT2D eigenvalue weighted by atomic mass is 16.6. The molecule has 2 heterocycles. The van der Waals surface area contributed by atoms with Crippen molar-refractivity contribution < 1.29 is 14.3 Å². The van der Waals surface area contributed by atoms with Gasteiger partial charge in [-0.15, -0.1) is 0 Å². The molecule has 3 aromatic rings. The van der Waals surface area contributed by atoms with Gasteiger partial charge in [0.2, 0.25) is 5.91 Å². The third-order valence-corrected chi connectivity index (χ3v) is 4.75. The first-order valence-corrected chi connectivity index (χ1v) is 9.72. The van der Waals surface area contributed by atoms with Gasteiger partial charge < -0.3 is 14.8 Å². The second-order valence-electron chi connectivity index (χ2n) is 6.83. The number of aromatic nitrogens is 2. The second-order valence-corrected chi connectivity index (χ2v) is 6.83. The molecular weight excluding hydrogens is 368 g/mol. The van der Waals surface area contributed by atoms with Crippen LogP contribution in [0.5, 0.6) is 11.5 Å².